The Kier molecular flexibility index (Phi) is 4.41. The monoisotopic (exact) mass is 295 g/mol. The van der Waals surface area contributed by atoms with Crippen LogP contribution in [0.4, 0.5) is 8.78 Å². The van der Waals surface area contributed by atoms with Gasteiger partial charge in [-0.25, -0.2) is 8.78 Å². The van der Waals surface area contributed by atoms with Gasteiger partial charge in [-0.3, -0.25) is 0 Å². The highest BCUT2D eigenvalue weighted by atomic mass is 35.5. The molecule has 1 nitrogen and oxygen atoms in total. The maximum atomic E-state index is 14.1. The van der Waals surface area contributed by atoms with E-state index in [0.29, 0.717) is 21.7 Å². The molecule has 0 fully saturated rings. The Labute approximate surface area is 122 Å². The van der Waals surface area contributed by atoms with Crippen molar-refractivity contribution in [1.82, 2.24) is 5.32 Å². The fraction of sp³-hybridized carbons (Fsp3) is 0.250. The molecule has 0 bridgehead atoms. The third kappa shape index (κ3) is 2.69. The lowest BCUT2D eigenvalue weighted by molar-refractivity contribution is 0.573. The van der Waals surface area contributed by atoms with Crippen LogP contribution in [-0.2, 0) is 0 Å². The van der Waals surface area contributed by atoms with Gasteiger partial charge in [0.15, 0.2) is 0 Å². The molecule has 0 spiro atoms. The third-order valence-electron chi connectivity index (χ3n) is 3.37. The Hall–Kier alpha value is -1.45. The summed E-state index contributed by atoms with van der Waals surface area (Å²) in [6, 6.07) is 7.59. The molecule has 106 valence electrons. The standard InChI is InChI=1S/C16H16ClF2N/c1-9-7-11(8-10(2)15(9)19)16(20-3)14-12(17)5-4-6-13(14)18/h4-8,16,20H,1-3H3. The average Bonchev–Trinajstić information content (AvgIpc) is 2.40. The lowest BCUT2D eigenvalue weighted by Crippen LogP contribution is -2.20. The van der Waals surface area contributed by atoms with Crippen LogP contribution in [0.2, 0.25) is 5.02 Å². The molecule has 20 heavy (non-hydrogen) atoms. The van der Waals surface area contributed by atoms with Gasteiger partial charge in [-0.05, 0) is 49.7 Å². The topological polar surface area (TPSA) is 12.0 Å². The molecular formula is C16H16ClF2N. The van der Waals surface area contributed by atoms with Gasteiger partial charge >= 0.3 is 0 Å². The first-order valence-corrected chi connectivity index (χ1v) is 6.71. The molecule has 0 radical (unpaired) electrons. The molecule has 1 atom stereocenters. The first-order chi connectivity index (χ1) is 9.45. The van der Waals surface area contributed by atoms with Crippen LogP contribution < -0.4 is 5.32 Å². The second-order valence-electron chi connectivity index (χ2n) is 4.83. The Morgan fingerprint density at radius 1 is 1.10 bits per heavy atom. The summed E-state index contributed by atoms with van der Waals surface area (Å²) in [7, 11) is 1.72. The molecule has 1 unspecified atom stereocenters. The normalized spacial score (nSPS) is 12.5. The molecule has 4 heteroatoms. The van der Waals surface area contributed by atoms with Gasteiger partial charge in [0.05, 0.1) is 6.04 Å². The fourth-order valence-corrected chi connectivity index (χ4v) is 2.68. The number of hydrogen-bond acceptors (Lipinski definition) is 1. The summed E-state index contributed by atoms with van der Waals surface area (Å²) in [6.07, 6.45) is 0. The first-order valence-electron chi connectivity index (χ1n) is 6.33. The third-order valence-corrected chi connectivity index (χ3v) is 3.70. The molecule has 1 N–H and O–H groups in total. The highest BCUT2D eigenvalue weighted by Crippen LogP contribution is 2.31. The van der Waals surface area contributed by atoms with E-state index < -0.39 is 6.04 Å². The zero-order chi connectivity index (χ0) is 14.9. The van der Waals surface area contributed by atoms with E-state index in [1.165, 1.54) is 6.07 Å². The van der Waals surface area contributed by atoms with Crippen LogP contribution in [-0.4, -0.2) is 7.05 Å². The van der Waals surface area contributed by atoms with E-state index in [9.17, 15) is 8.78 Å². The van der Waals surface area contributed by atoms with Gasteiger partial charge in [-0.1, -0.05) is 29.8 Å². The summed E-state index contributed by atoms with van der Waals surface area (Å²) in [5, 5.41) is 3.39. The number of nitrogens with one attached hydrogen (secondary N) is 1. The minimum atomic E-state index is -0.415. The molecule has 0 aromatic heterocycles. The summed E-state index contributed by atoms with van der Waals surface area (Å²) in [5.41, 5.74) is 2.23. The lowest BCUT2D eigenvalue weighted by Gasteiger charge is -2.20. The quantitative estimate of drug-likeness (QED) is 0.876. The van der Waals surface area contributed by atoms with Gasteiger partial charge in [0, 0.05) is 10.6 Å². The summed E-state index contributed by atoms with van der Waals surface area (Å²) in [6.45, 7) is 3.39. The van der Waals surface area contributed by atoms with Crippen molar-refractivity contribution in [3.8, 4) is 0 Å². The Morgan fingerprint density at radius 2 is 1.70 bits per heavy atom. The molecular weight excluding hydrogens is 280 g/mol. The van der Waals surface area contributed by atoms with E-state index in [0.717, 1.165) is 5.56 Å². The van der Waals surface area contributed by atoms with Gasteiger partial charge in [0.2, 0.25) is 0 Å². The first kappa shape index (κ1) is 14.9. The van der Waals surface area contributed by atoms with Gasteiger partial charge < -0.3 is 5.32 Å². The highest BCUT2D eigenvalue weighted by molar-refractivity contribution is 6.31. The molecule has 2 aromatic rings. The summed E-state index contributed by atoms with van der Waals surface area (Å²) >= 11 is 6.11. The van der Waals surface area contributed by atoms with E-state index in [2.05, 4.69) is 5.32 Å². The van der Waals surface area contributed by atoms with Gasteiger partial charge in [-0.2, -0.15) is 0 Å². The van der Waals surface area contributed by atoms with Crippen LogP contribution in [0.15, 0.2) is 30.3 Å². The second-order valence-corrected chi connectivity index (χ2v) is 5.23. The predicted octanol–water partition coefficient (Wildman–Crippen LogP) is 4.54. The SMILES string of the molecule is CNC(c1cc(C)c(F)c(C)c1)c1c(F)cccc1Cl. The van der Waals surface area contributed by atoms with Gasteiger partial charge in [0.1, 0.15) is 11.6 Å². The smallest absolute Gasteiger partial charge is 0.129 e. The zero-order valence-corrected chi connectivity index (χ0v) is 12.4. The number of hydrogen-bond donors (Lipinski definition) is 1. The molecule has 0 amide bonds. The van der Waals surface area contributed by atoms with E-state index in [-0.39, 0.29) is 11.6 Å². The highest BCUT2D eigenvalue weighted by Gasteiger charge is 2.20. The van der Waals surface area contributed by atoms with Crippen molar-refractivity contribution < 1.29 is 8.78 Å². The summed E-state index contributed by atoms with van der Waals surface area (Å²) in [4.78, 5) is 0. The summed E-state index contributed by atoms with van der Waals surface area (Å²) in [5.74, 6) is -0.611. The Balaban J connectivity index is 2.59. The van der Waals surface area contributed by atoms with E-state index in [4.69, 9.17) is 11.6 Å². The van der Waals surface area contributed by atoms with E-state index in [1.54, 1.807) is 45.2 Å². The zero-order valence-electron chi connectivity index (χ0n) is 11.6. The molecule has 0 saturated carbocycles. The van der Waals surface area contributed by atoms with Gasteiger partial charge in [0.25, 0.3) is 0 Å². The molecule has 0 aliphatic carbocycles. The maximum absolute atomic E-state index is 14.1. The largest absolute Gasteiger partial charge is 0.309 e. The van der Waals surface area contributed by atoms with Crippen molar-refractivity contribution in [2.45, 2.75) is 19.9 Å². The molecule has 2 aromatic carbocycles. The van der Waals surface area contributed by atoms with Crippen molar-refractivity contribution in [2.24, 2.45) is 0 Å². The van der Waals surface area contributed by atoms with Crippen LogP contribution in [0.3, 0.4) is 0 Å². The number of aryl methyl sites for hydroxylation is 2. The lowest BCUT2D eigenvalue weighted by atomic mass is 9.95. The number of benzene rings is 2. The van der Waals surface area contributed by atoms with E-state index in [1.807, 2.05) is 0 Å². The van der Waals surface area contributed by atoms with Crippen LogP contribution >= 0.6 is 11.6 Å². The van der Waals surface area contributed by atoms with Crippen LogP contribution in [0, 0.1) is 25.5 Å². The second kappa shape index (κ2) is 5.90. The van der Waals surface area contributed by atoms with Crippen molar-refractivity contribution in [1.29, 1.82) is 0 Å². The minimum absolute atomic E-state index is 0.233. The molecule has 0 saturated heterocycles. The van der Waals surface area contributed by atoms with E-state index >= 15 is 0 Å². The van der Waals surface area contributed by atoms with Gasteiger partial charge in [-0.15, -0.1) is 0 Å². The summed E-state index contributed by atoms with van der Waals surface area (Å²) < 4.78 is 27.8. The molecule has 0 aliphatic heterocycles. The number of rotatable bonds is 3. The average molecular weight is 296 g/mol. The predicted molar refractivity (Wildman–Crippen MR) is 78.2 cm³/mol. The Bertz CT molecular complexity index is 597. The molecule has 0 heterocycles. The maximum Gasteiger partial charge on any atom is 0.129 e. The Morgan fingerprint density at radius 3 is 2.20 bits per heavy atom. The van der Waals surface area contributed by atoms with Crippen molar-refractivity contribution in [3.05, 3.63) is 69.2 Å². The van der Waals surface area contributed by atoms with Crippen LogP contribution in [0.5, 0.6) is 0 Å². The number of halogens is 3. The molecule has 0 aliphatic rings. The van der Waals surface area contributed by atoms with Crippen LogP contribution in [0.1, 0.15) is 28.3 Å². The van der Waals surface area contributed by atoms with Crippen molar-refractivity contribution in [3.63, 3.8) is 0 Å². The van der Waals surface area contributed by atoms with Crippen molar-refractivity contribution in [2.75, 3.05) is 7.05 Å². The minimum Gasteiger partial charge on any atom is -0.309 e. The van der Waals surface area contributed by atoms with Crippen LogP contribution in [0.25, 0.3) is 0 Å². The fourth-order valence-electron chi connectivity index (χ4n) is 2.41. The van der Waals surface area contributed by atoms with Crippen molar-refractivity contribution >= 4 is 11.6 Å². The molecule has 2 rings (SSSR count).